The number of amides is 2. The first-order valence-corrected chi connectivity index (χ1v) is 6.22. The van der Waals surface area contributed by atoms with E-state index >= 15 is 0 Å². The minimum Gasteiger partial charge on any atom is -0.331 e. The molecule has 1 aromatic carbocycles. The summed E-state index contributed by atoms with van der Waals surface area (Å²) in [5.74, 6) is 0.00719. The molecule has 0 aliphatic heterocycles. The molecule has 0 saturated carbocycles. The Balaban J connectivity index is 2.03. The van der Waals surface area contributed by atoms with Crippen LogP contribution in [0.5, 0.6) is 0 Å². The summed E-state index contributed by atoms with van der Waals surface area (Å²) in [6.45, 7) is 1.87. The summed E-state index contributed by atoms with van der Waals surface area (Å²) < 4.78 is 1.35. The number of rotatable bonds is 3. The molecule has 20 heavy (non-hydrogen) atoms. The van der Waals surface area contributed by atoms with E-state index in [-0.39, 0.29) is 17.4 Å². The van der Waals surface area contributed by atoms with E-state index in [0.717, 1.165) is 5.56 Å². The van der Waals surface area contributed by atoms with Crippen molar-refractivity contribution in [2.45, 2.75) is 13.0 Å². The van der Waals surface area contributed by atoms with Crippen molar-refractivity contribution < 1.29 is 4.79 Å². The molecule has 2 N–H and O–H groups in total. The van der Waals surface area contributed by atoms with Gasteiger partial charge < -0.3 is 9.88 Å². The fraction of sp³-hybridized carbons (Fsp3) is 0.214. The minimum absolute atomic E-state index is 0.00719. The molecule has 2 aromatic rings. The van der Waals surface area contributed by atoms with Crippen LogP contribution in [0.1, 0.15) is 18.5 Å². The van der Waals surface area contributed by atoms with Crippen LogP contribution in [0.3, 0.4) is 0 Å². The molecule has 2 amide bonds. The number of anilines is 1. The van der Waals surface area contributed by atoms with E-state index in [0.29, 0.717) is 0 Å². The molecule has 2 rings (SSSR count). The van der Waals surface area contributed by atoms with Gasteiger partial charge in [-0.05, 0) is 12.5 Å². The fourth-order valence-electron chi connectivity index (χ4n) is 1.75. The maximum absolute atomic E-state index is 11.8. The number of aryl methyl sites for hydroxylation is 1. The van der Waals surface area contributed by atoms with Crippen molar-refractivity contribution in [2.75, 3.05) is 5.32 Å². The van der Waals surface area contributed by atoms with Crippen LogP contribution in [0.4, 0.5) is 10.6 Å². The zero-order chi connectivity index (χ0) is 14.5. The van der Waals surface area contributed by atoms with E-state index in [4.69, 9.17) is 0 Å². The molecule has 1 aromatic heterocycles. The Morgan fingerprint density at radius 2 is 2.00 bits per heavy atom. The van der Waals surface area contributed by atoms with Gasteiger partial charge in [-0.2, -0.15) is 0 Å². The first-order chi connectivity index (χ1) is 9.58. The molecule has 104 valence electrons. The SMILES string of the molecule is C[C@@H](NC(=O)Nc1nccn(C)c1=O)c1ccccc1. The highest BCUT2D eigenvalue weighted by atomic mass is 16.2. The van der Waals surface area contributed by atoms with Crippen molar-refractivity contribution in [3.05, 3.63) is 58.6 Å². The Labute approximate surface area is 116 Å². The molecule has 0 spiro atoms. The lowest BCUT2D eigenvalue weighted by atomic mass is 10.1. The molecule has 0 unspecified atom stereocenters. The summed E-state index contributed by atoms with van der Waals surface area (Å²) in [5.41, 5.74) is 0.631. The Kier molecular flexibility index (Phi) is 4.14. The van der Waals surface area contributed by atoms with Gasteiger partial charge >= 0.3 is 6.03 Å². The van der Waals surface area contributed by atoms with Crippen molar-refractivity contribution in [2.24, 2.45) is 7.05 Å². The Morgan fingerprint density at radius 3 is 2.70 bits per heavy atom. The van der Waals surface area contributed by atoms with E-state index in [1.54, 1.807) is 7.05 Å². The number of nitrogens with one attached hydrogen (secondary N) is 2. The van der Waals surface area contributed by atoms with Gasteiger partial charge in [-0.25, -0.2) is 9.78 Å². The van der Waals surface area contributed by atoms with Crippen LogP contribution in [0.25, 0.3) is 0 Å². The molecule has 1 atom stereocenters. The lowest BCUT2D eigenvalue weighted by Crippen LogP contribution is -2.34. The number of carbonyl (C=O) groups is 1. The normalized spacial score (nSPS) is 11.7. The Morgan fingerprint density at radius 1 is 1.30 bits per heavy atom. The van der Waals surface area contributed by atoms with Gasteiger partial charge in [-0.1, -0.05) is 30.3 Å². The third kappa shape index (κ3) is 3.23. The smallest absolute Gasteiger partial charge is 0.321 e. The zero-order valence-electron chi connectivity index (χ0n) is 11.3. The Bertz CT molecular complexity index is 652. The predicted molar refractivity (Wildman–Crippen MR) is 76.5 cm³/mol. The minimum atomic E-state index is -0.461. The number of nitrogens with zero attached hydrogens (tertiary/aromatic N) is 2. The monoisotopic (exact) mass is 272 g/mol. The number of urea groups is 1. The van der Waals surface area contributed by atoms with E-state index in [2.05, 4.69) is 15.6 Å². The van der Waals surface area contributed by atoms with Crippen molar-refractivity contribution in [1.29, 1.82) is 0 Å². The standard InChI is InChI=1S/C14H16N4O2/c1-10(11-6-4-3-5-7-11)16-14(20)17-12-13(19)18(2)9-8-15-12/h3-10H,1-2H3,(H2,15,16,17,20)/t10-/m1/s1. The number of hydrogen-bond acceptors (Lipinski definition) is 3. The second kappa shape index (κ2) is 6.01. The average Bonchev–Trinajstić information content (AvgIpc) is 2.45. The maximum Gasteiger partial charge on any atom is 0.321 e. The summed E-state index contributed by atoms with van der Waals surface area (Å²) in [7, 11) is 1.60. The van der Waals surface area contributed by atoms with Crippen LogP contribution in [0.15, 0.2) is 47.5 Å². The van der Waals surface area contributed by atoms with E-state index in [1.807, 2.05) is 37.3 Å². The summed E-state index contributed by atoms with van der Waals surface area (Å²) in [4.78, 5) is 27.4. The third-order valence-corrected chi connectivity index (χ3v) is 2.90. The summed E-state index contributed by atoms with van der Waals surface area (Å²) >= 11 is 0. The van der Waals surface area contributed by atoms with Crippen molar-refractivity contribution in [3.8, 4) is 0 Å². The van der Waals surface area contributed by atoms with Gasteiger partial charge in [0.25, 0.3) is 5.56 Å². The number of aromatic nitrogens is 2. The molecule has 1 heterocycles. The van der Waals surface area contributed by atoms with Crippen molar-refractivity contribution in [1.82, 2.24) is 14.9 Å². The summed E-state index contributed by atoms with van der Waals surface area (Å²) in [6.07, 6.45) is 2.98. The first kappa shape index (κ1) is 13.8. The van der Waals surface area contributed by atoms with Crippen LogP contribution >= 0.6 is 0 Å². The summed E-state index contributed by atoms with van der Waals surface area (Å²) in [6, 6.07) is 8.93. The van der Waals surface area contributed by atoms with Crippen LogP contribution < -0.4 is 16.2 Å². The van der Waals surface area contributed by atoms with Crippen LogP contribution in [-0.4, -0.2) is 15.6 Å². The van der Waals surface area contributed by atoms with Crippen molar-refractivity contribution >= 4 is 11.8 Å². The first-order valence-electron chi connectivity index (χ1n) is 6.22. The van der Waals surface area contributed by atoms with Gasteiger partial charge in [0.15, 0.2) is 0 Å². The van der Waals surface area contributed by atoms with Gasteiger partial charge in [0.1, 0.15) is 0 Å². The highest BCUT2D eigenvalue weighted by Gasteiger charge is 2.11. The topological polar surface area (TPSA) is 76.0 Å². The fourth-order valence-corrected chi connectivity index (χ4v) is 1.75. The maximum atomic E-state index is 11.8. The molecule has 0 aliphatic carbocycles. The lowest BCUT2D eigenvalue weighted by Gasteiger charge is -2.14. The number of hydrogen-bond donors (Lipinski definition) is 2. The summed E-state index contributed by atoms with van der Waals surface area (Å²) in [5, 5.41) is 5.21. The molecule has 0 aliphatic rings. The molecule has 6 nitrogen and oxygen atoms in total. The third-order valence-electron chi connectivity index (χ3n) is 2.90. The molecule has 0 bridgehead atoms. The second-order valence-corrected chi connectivity index (χ2v) is 4.42. The molecule has 0 saturated heterocycles. The van der Waals surface area contributed by atoms with E-state index in [1.165, 1.54) is 17.0 Å². The molecule has 6 heteroatoms. The van der Waals surface area contributed by atoms with Crippen molar-refractivity contribution in [3.63, 3.8) is 0 Å². The second-order valence-electron chi connectivity index (χ2n) is 4.42. The molecule has 0 radical (unpaired) electrons. The average molecular weight is 272 g/mol. The van der Waals surface area contributed by atoms with E-state index < -0.39 is 6.03 Å². The van der Waals surface area contributed by atoms with Gasteiger partial charge in [0.2, 0.25) is 5.82 Å². The number of carbonyl (C=O) groups excluding carboxylic acids is 1. The highest BCUT2D eigenvalue weighted by Crippen LogP contribution is 2.10. The van der Waals surface area contributed by atoms with Crippen LogP contribution in [-0.2, 0) is 7.05 Å². The molecular weight excluding hydrogens is 256 g/mol. The zero-order valence-corrected chi connectivity index (χ0v) is 11.3. The van der Waals surface area contributed by atoms with Crippen LogP contribution in [0.2, 0.25) is 0 Å². The number of benzene rings is 1. The van der Waals surface area contributed by atoms with Gasteiger partial charge in [-0.15, -0.1) is 0 Å². The predicted octanol–water partition coefficient (Wildman–Crippen LogP) is 1.66. The molecule has 0 fully saturated rings. The lowest BCUT2D eigenvalue weighted by molar-refractivity contribution is 0.249. The van der Waals surface area contributed by atoms with Gasteiger partial charge in [-0.3, -0.25) is 10.1 Å². The van der Waals surface area contributed by atoms with Gasteiger partial charge in [0, 0.05) is 19.4 Å². The Hall–Kier alpha value is -2.63. The molecular formula is C14H16N4O2. The highest BCUT2D eigenvalue weighted by molar-refractivity contribution is 5.88. The van der Waals surface area contributed by atoms with Crippen LogP contribution in [0, 0.1) is 0 Å². The largest absolute Gasteiger partial charge is 0.331 e. The quantitative estimate of drug-likeness (QED) is 0.892. The van der Waals surface area contributed by atoms with E-state index in [9.17, 15) is 9.59 Å². The van der Waals surface area contributed by atoms with Gasteiger partial charge in [0.05, 0.1) is 6.04 Å².